The molecule has 0 radical (unpaired) electrons. The van der Waals surface area contributed by atoms with Gasteiger partial charge in [0.1, 0.15) is 12.1 Å². The Morgan fingerprint density at radius 3 is 1.95 bits per heavy atom. The Labute approximate surface area is 118 Å². The number of aromatic nitrogens is 2. The highest BCUT2D eigenvalue weighted by Crippen LogP contribution is 2.28. The lowest BCUT2D eigenvalue weighted by Gasteiger charge is -2.27. The molecule has 0 unspecified atom stereocenters. The molecule has 0 aliphatic heterocycles. The van der Waals surface area contributed by atoms with Crippen LogP contribution in [0.15, 0.2) is 49.1 Å². The molecule has 0 aliphatic rings. The van der Waals surface area contributed by atoms with E-state index in [1.165, 1.54) is 20.5 Å². The molecule has 0 aliphatic carbocycles. The van der Waals surface area contributed by atoms with Crippen molar-refractivity contribution in [2.75, 3.05) is 21.3 Å². The van der Waals surface area contributed by atoms with E-state index >= 15 is 0 Å². The molecule has 0 atom stereocenters. The van der Waals surface area contributed by atoms with E-state index in [0.717, 1.165) is 0 Å². The van der Waals surface area contributed by atoms with Crippen molar-refractivity contribution in [2.45, 2.75) is 5.91 Å². The Morgan fingerprint density at radius 2 is 1.55 bits per heavy atom. The van der Waals surface area contributed by atoms with Gasteiger partial charge in [-0.1, -0.05) is 12.1 Å². The first kappa shape index (κ1) is 16.0. The molecular formula is C14H19N3O3. The first-order chi connectivity index (χ1) is 9.68. The summed E-state index contributed by atoms with van der Waals surface area (Å²) in [6, 6.07) is 9.08. The zero-order chi connectivity index (χ0) is 14.8. The zero-order valence-electron chi connectivity index (χ0n) is 11.8. The van der Waals surface area contributed by atoms with Crippen LogP contribution < -0.4 is 10.5 Å². The van der Waals surface area contributed by atoms with Gasteiger partial charge in [-0.2, -0.15) is 0 Å². The smallest absolute Gasteiger partial charge is 0.256 e. The van der Waals surface area contributed by atoms with Gasteiger partial charge in [0.15, 0.2) is 0 Å². The Morgan fingerprint density at radius 1 is 0.950 bits per heavy atom. The summed E-state index contributed by atoms with van der Waals surface area (Å²) < 4.78 is 15.3. The fourth-order valence-corrected chi connectivity index (χ4v) is 1.49. The number of methoxy groups -OCH3 is 3. The average molecular weight is 277 g/mol. The number of rotatable bonds is 4. The summed E-state index contributed by atoms with van der Waals surface area (Å²) in [5.41, 5.74) is 6.53. The Kier molecular flexibility index (Phi) is 6.58. The first-order valence-corrected chi connectivity index (χ1v) is 5.90. The molecule has 2 aromatic rings. The van der Waals surface area contributed by atoms with Crippen molar-refractivity contribution in [3.8, 4) is 5.75 Å². The minimum absolute atomic E-state index is 0.638. The van der Waals surface area contributed by atoms with Crippen molar-refractivity contribution in [3.05, 3.63) is 54.6 Å². The van der Waals surface area contributed by atoms with Gasteiger partial charge in [0.25, 0.3) is 5.91 Å². The lowest BCUT2D eigenvalue weighted by molar-refractivity contribution is -0.212. The summed E-state index contributed by atoms with van der Waals surface area (Å²) in [4.78, 5) is 7.35. The van der Waals surface area contributed by atoms with Crippen molar-refractivity contribution >= 4 is 0 Å². The van der Waals surface area contributed by atoms with Gasteiger partial charge in [-0.3, -0.25) is 5.73 Å². The van der Waals surface area contributed by atoms with Gasteiger partial charge >= 0.3 is 0 Å². The third-order valence-corrected chi connectivity index (χ3v) is 2.57. The van der Waals surface area contributed by atoms with Gasteiger partial charge in [0.2, 0.25) is 0 Å². The van der Waals surface area contributed by atoms with Crippen LogP contribution in [0.2, 0.25) is 0 Å². The van der Waals surface area contributed by atoms with E-state index in [9.17, 15) is 0 Å². The average Bonchev–Trinajstić information content (AvgIpc) is 2.56. The van der Waals surface area contributed by atoms with Gasteiger partial charge in [-0.25, -0.2) is 9.97 Å². The van der Waals surface area contributed by atoms with Crippen LogP contribution in [0.5, 0.6) is 5.75 Å². The predicted molar refractivity (Wildman–Crippen MR) is 74.9 cm³/mol. The van der Waals surface area contributed by atoms with Gasteiger partial charge in [0, 0.05) is 26.6 Å². The Hall–Kier alpha value is -2.02. The van der Waals surface area contributed by atoms with Crippen LogP contribution in [-0.4, -0.2) is 31.3 Å². The fraction of sp³-hybridized carbons (Fsp3) is 0.286. The molecule has 108 valence electrons. The summed E-state index contributed by atoms with van der Waals surface area (Å²) >= 11 is 0. The maximum absolute atomic E-state index is 5.87. The largest absolute Gasteiger partial charge is 0.496 e. The van der Waals surface area contributed by atoms with E-state index in [4.69, 9.17) is 19.9 Å². The summed E-state index contributed by atoms with van der Waals surface area (Å²) in [6.07, 6.45) is 4.88. The Bertz CT molecular complexity index is 463. The number of nitrogens with zero attached hydrogens (tertiary/aromatic N) is 2. The van der Waals surface area contributed by atoms with E-state index in [2.05, 4.69) is 9.97 Å². The molecule has 0 fully saturated rings. The van der Waals surface area contributed by atoms with Crippen molar-refractivity contribution in [1.82, 2.24) is 9.97 Å². The van der Waals surface area contributed by atoms with Gasteiger partial charge < -0.3 is 14.2 Å². The zero-order valence-corrected chi connectivity index (χ0v) is 11.8. The van der Waals surface area contributed by atoms with Crippen LogP contribution >= 0.6 is 0 Å². The molecule has 2 N–H and O–H groups in total. The molecule has 1 aromatic heterocycles. The summed E-state index contributed by atoms with van der Waals surface area (Å²) in [5, 5.41) is 0. The minimum atomic E-state index is -1.26. The molecule has 0 spiro atoms. The SMILES string of the molecule is COc1ccccc1C(N)(OC)OC.c1cncnc1. The second kappa shape index (κ2) is 8.21. The molecule has 20 heavy (non-hydrogen) atoms. The van der Waals surface area contributed by atoms with Crippen LogP contribution in [0.25, 0.3) is 0 Å². The third-order valence-electron chi connectivity index (χ3n) is 2.57. The van der Waals surface area contributed by atoms with Crippen molar-refractivity contribution in [1.29, 1.82) is 0 Å². The van der Waals surface area contributed by atoms with Crippen LogP contribution in [0.3, 0.4) is 0 Å². The Balaban J connectivity index is 0.000000276. The highest BCUT2D eigenvalue weighted by molar-refractivity contribution is 5.36. The summed E-state index contributed by atoms with van der Waals surface area (Å²) in [6.45, 7) is 0. The fourth-order valence-electron chi connectivity index (χ4n) is 1.49. The molecular weight excluding hydrogens is 258 g/mol. The number of nitrogens with two attached hydrogens (primary N) is 1. The number of benzene rings is 1. The molecule has 0 saturated heterocycles. The van der Waals surface area contributed by atoms with E-state index < -0.39 is 5.91 Å². The lowest BCUT2D eigenvalue weighted by atomic mass is 10.1. The molecule has 6 heteroatoms. The number of hydrogen-bond acceptors (Lipinski definition) is 6. The minimum Gasteiger partial charge on any atom is -0.496 e. The van der Waals surface area contributed by atoms with Crippen molar-refractivity contribution in [3.63, 3.8) is 0 Å². The molecule has 2 rings (SSSR count). The molecule has 1 heterocycles. The van der Waals surface area contributed by atoms with E-state index in [0.29, 0.717) is 11.3 Å². The van der Waals surface area contributed by atoms with Crippen LogP contribution in [-0.2, 0) is 15.4 Å². The van der Waals surface area contributed by atoms with Crippen LogP contribution in [0.4, 0.5) is 0 Å². The van der Waals surface area contributed by atoms with Crippen LogP contribution in [0.1, 0.15) is 5.56 Å². The van der Waals surface area contributed by atoms with Crippen molar-refractivity contribution < 1.29 is 14.2 Å². The normalized spacial score (nSPS) is 10.4. The van der Waals surface area contributed by atoms with Crippen LogP contribution in [0, 0.1) is 0 Å². The molecule has 0 saturated carbocycles. The van der Waals surface area contributed by atoms with E-state index in [1.54, 1.807) is 37.7 Å². The monoisotopic (exact) mass is 277 g/mol. The first-order valence-electron chi connectivity index (χ1n) is 5.90. The third kappa shape index (κ3) is 4.27. The molecule has 0 bridgehead atoms. The van der Waals surface area contributed by atoms with Gasteiger partial charge in [-0.15, -0.1) is 0 Å². The number of ether oxygens (including phenoxy) is 3. The quantitative estimate of drug-likeness (QED) is 0.854. The predicted octanol–water partition coefficient (Wildman–Crippen LogP) is 1.53. The second-order valence-electron chi connectivity index (χ2n) is 3.68. The standard InChI is InChI=1S/C10H15NO3.C4H4N2/c1-12-9-7-5-4-6-8(9)10(11,13-2)14-3;1-2-5-4-6-3-1/h4-7H,11H2,1-3H3;1-4H. The number of para-hydroxylation sites is 1. The second-order valence-corrected chi connectivity index (χ2v) is 3.68. The van der Waals surface area contributed by atoms with E-state index in [1.807, 2.05) is 12.1 Å². The maximum atomic E-state index is 5.87. The lowest BCUT2D eigenvalue weighted by Crippen LogP contribution is -2.40. The van der Waals surface area contributed by atoms with Gasteiger partial charge in [-0.05, 0) is 18.2 Å². The van der Waals surface area contributed by atoms with Gasteiger partial charge in [0.05, 0.1) is 12.7 Å². The molecule has 0 amide bonds. The summed E-state index contributed by atoms with van der Waals surface area (Å²) in [7, 11) is 4.54. The topological polar surface area (TPSA) is 79.5 Å². The highest BCUT2D eigenvalue weighted by atomic mass is 16.7. The maximum Gasteiger partial charge on any atom is 0.256 e. The highest BCUT2D eigenvalue weighted by Gasteiger charge is 2.29. The number of hydrogen-bond donors (Lipinski definition) is 1. The van der Waals surface area contributed by atoms with Crippen molar-refractivity contribution in [2.24, 2.45) is 5.73 Å². The van der Waals surface area contributed by atoms with E-state index in [-0.39, 0.29) is 0 Å². The molecule has 6 nitrogen and oxygen atoms in total. The summed E-state index contributed by atoms with van der Waals surface area (Å²) in [5.74, 6) is -0.620. The molecule has 1 aromatic carbocycles.